The van der Waals surface area contributed by atoms with E-state index in [4.69, 9.17) is 0 Å². The smallest absolute Gasteiger partial charge is 0.0537 e. The first-order valence-electron chi connectivity index (χ1n) is 19.5. The Hall–Kier alpha value is -7.42. The molecule has 272 valence electrons. The molecular weight excluding hydrogens is 689 g/mol. The molecule has 8 aromatic carbocycles. The van der Waals surface area contributed by atoms with E-state index >= 15 is 0 Å². The standard InChI is InChI=1S/C55H42N2/c1-41-53-31-12-14-33-55(53)57(50-28-9-4-10-29-50)54(41)32-13-11-18-42-19-15-22-45(38-42)48-25-17-30-52(40-48)56(49-26-7-3-8-27-49)51-36-34-44(35-37-51)47-24-16-23-46(39-47)43-20-5-2-6-21-43/h2-40H,1H3/b18-11+,32-13-. The molecule has 0 atom stereocenters. The maximum atomic E-state index is 2.35. The number of rotatable bonds is 10. The summed E-state index contributed by atoms with van der Waals surface area (Å²) < 4.78 is 2.35. The Bertz CT molecular complexity index is 2830. The average Bonchev–Trinajstić information content (AvgIpc) is 3.57. The van der Waals surface area contributed by atoms with Gasteiger partial charge in [-0.15, -0.1) is 0 Å². The van der Waals surface area contributed by atoms with Crippen molar-refractivity contribution in [3.8, 4) is 39.1 Å². The van der Waals surface area contributed by atoms with Crippen molar-refractivity contribution in [2.75, 3.05) is 4.90 Å². The van der Waals surface area contributed by atoms with Crippen LogP contribution in [-0.4, -0.2) is 4.57 Å². The van der Waals surface area contributed by atoms with Crippen LogP contribution < -0.4 is 4.90 Å². The van der Waals surface area contributed by atoms with E-state index in [0.29, 0.717) is 0 Å². The van der Waals surface area contributed by atoms with Gasteiger partial charge in [-0.3, -0.25) is 0 Å². The van der Waals surface area contributed by atoms with Crippen molar-refractivity contribution in [2.45, 2.75) is 6.92 Å². The molecule has 0 amide bonds. The highest BCUT2D eigenvalue weighted by atomic mass is 15.1. The monoisotopic (exact) mass is 730 g/mol. The molecule has 1 aromatic heterocycles. The SMILES string of the molecule is Cc1c(/C=C\C=C\c2cccc(-c3cccc(N(c4ccccc4)c4ccc(-c5cccc(-c6ccccc6)c5)cc4)c3)c2)n(-c2ccccc2)c2ccccc12. The molecule has 0 saturated carbocycles. The van der Waals surface area contributed by atoms with Gasteiger partial charge in [0.1, 0.15) is 0 Å². The second-order valence-corrected chi connectivity index (χ2v) is 14.3. The molecule has 0 saturated heterocycles. The number of allylic oxidation sites excluding steroid dienone is 2. The van der Waals surface area contributed by atoms with Gasteiger partial charge in [0.05, 0.1) is 5.52 Å². The van der Waals surface area contributed by atoms with E-state index < -0.39 is 0 Å². The molecular formula is C55H42N2. The Balaban J connectivity index is 0.989. The quantitative estimate of drug-likeness (QED) is 0.127. The van der Waals surface area contributed by atoms with Crippen LogP contribution in [-0.2, 0) is 0 Å². The molecule has 0 fully saturated rings. The number of aryl methyl sites for hydroxylation is 1. The van der Waals surface area contributed by atoms with Crippen molar-refractivity contribution in [1.29, 1.82) is 0 Å². The summed E-state index contributed by atoms with van der Waals surface area (Å²) in [5, 5.41) is 1.27. The molecule has 9 aromatic rings. The number of anilines is 3. The summed E-state index contributed by atoms with van der Waals surface area (Å²) in [6.45, 7) is 2.21. The lowest BCUT2D eigenvalue weighted by Gasteiger charge is -2.26. The van der Waals surface area contributed by atoms with Gasteiger partial charge in [0, 0.05) is 33.8 Å². The highest BCUT2D eigenvalue weighted by Crippen LogP contribution is 2.38. The van der Waals surface area contributed by atoms with Crippen LogP contribution in [0, 0.1) is 6.92 Å². The lowest BCUT2D eigenvalue weighted by molar-refractivity contribution is 1.10. The van der Waals surface area contributed by atoms with E-state index in [0.717, 1.165) is 33.9 Å². The van der Waals surface area contributed by atoms with Crippen LogP contribution in [0.1, 0.15) is 16.8 Å². The topological polar surface area (TPSA) is 8.17 Å². The fourth-order valence-corrected chi connectivity index (χ4v) is 7.77. The van der Waals surface area contributed by atoms with Crippen LogP contribution >= 0.6 is 0 Å². The first-order valence-corrected chi connectivity index (χ1v) is 19.5. The van der Waals surface area contributed by atoms with Crippen LogP contribution in [0.2, 0.25) is 0 Å². The van der Waals surface area contributed by atoms with E-state index in [9.17, 15) is 0 Å². The van der Waals surface area contributed by atoms with E-state index in [-0.39, 0.29) is 0 Å². The molecule has 2 nitrogen and oxygen atoms in total. The third-order valence-electron chi connectivity index (χ3n) is 10.6. The van der Waals surface area contributed by atoms with Gasteiger partial charge in [0.25, 0.3) is 0 Å². The first kappa shape index (κ1) is 35.3. The van der Waals surface area contributed by atoms with E-state index in [1.165, 1.54) is 50.0 Å². The summed E-state index contributed by atoms with van der Waals surface area (Å²) in [5.41, 5.74) is 16.5. The lowest BCUT2D eigenvalue weighted by atomic mass is 9.98. The molecule has 9 rings (SSSR count). The van der Waals surface area contributed by atoms with Gasteiger partial charge in [0.15, 0.2) is 0 Å². The number of benzene rings is 8. The Labute approximate surface area is 335 Å². The van der Waals surface area contributed by atoms with Crippen molar-refractivity contribution >= 4 is 40.1 Å². The molecule has 0 spiro atoms. The Morgan fingerprint density at radius 3 is 1.63 bits per heavy atom. The second-order valence-electron chi connectivity index (χ2n) is 14.3. The lowest BCUT2D eigenvalue weighted by Crippen LogP contribution is -2.09. The summed E-state index contributed by atoms with van der Waals surface area (Å²) in [5.74, 6) is 0. The Morgan fingerprint density at radius 1 is 0.386 bits per heavy atom. The van der Waals surface area contributed by atoms with Crippen molar-refractivity contribution in [2.24, 2.45) is 0 Å². The molecule has 57 heavy (non-hydrogen) atoms. The zero-order chi connectivity index (χ0) is 38.4. The number of hydrogen-bond donors (Lipinski definition) is 0. The predicted octanol–water partition coefficient (Wildman–Crippen LogP) is 15.1. The van der Waals surface area contributed by atoms with Crippen molar-refractivity contribution < 1.29 is 0 Å². The van der Waals surface area contributed by atoms with E-state index in [1.807, 2.05) is 0 Å². The zero-order valence-corrected chi connectivity index (χ0v) is 31.9. The summed E-state index contributed by atoms with van der Waals surface area (Å²) in [7, 11) is 0. The maximum absolute atomic E-state index is 2.35. The predicted molar refractivity (Wildman–Crippen MR) is 244 cm³/mol. The maximum Gasteiger partial charge on any atom is 0.0537 e. The van der Waals surface area contributed by atoms with Gasteiger partial charge in [-0.2, -0.15) is 0 Å². The van der Waals surface area contributed by atoms with Gasteiger partial charge in [0.2, 0.25) is 0 Å². The normalized spacial score (nSPS) is 11.5. The van der Waals surface area contributed by atoms with Gasteiger partial charge in [-0.05, 0) is 124 Å². The molecule has 0 aliphatic rings. The van der Waals surface area contributed by atoms with Gasteiger partial charge in [-0.1, -0.05) is 164 Å². The van der Waals surface area contributed by atoms with Crippen LogP contribution in [0.25, 0.3) is 62.1 Å². The summed E-state index contributed by atoms with van der Waals surface area (Å²) in [6, 6.07) is 75.7. The minimum atomic E-state index is 1.10. The fraction of sp³-hybridized carbons (Fsp3) is 0.0182. The molecule has 0 N–H and O–H groups in total. The van der Waals surface area contributed by atoms with Crippen molar-refractivity contribution in [3.63, 3.8) is 0 Å². The summed E-state index contributed by atoms with van der Waals surface area (Å²) >= 11 is 0. The summed E-state index contributed by atoms with van der Waals surface area (Å²) in [4.78, 5) is 2.33. The van der Waals surface area contributed by atoms with E-state index in [2.05, 4.69) is 253 Å². The average molecular weight is 731 g/mol. The van der Waals surface area contributed by atoms with Gasteiger partial charge >= 0.3 is 0 Å². The summed E-state index contributed by atoms with van der Waals surface area (Å²) in [6.07, 6.45) is 8.69. The number of nitrogens with zero attached hydrogens (tertiary/aromatic N) is 2. The second kappa shape index (κ2) is 16.1. The van der Waals surface area contributed by atoms with Crippen LogP contribution in [0.3, 0.4) is 0 Å². The van der Waals surface area contributed by atoms with Gasteiger partial charge < -0.3 is 9.47 Å². The van der Waals surface area contributed by atoms with E-state index in [1.54, 1.807) is 0 Å². The number of para-hydroxylation sites is 3. The Kier molecular flexibility index (Phi) is 9.99. The molecule has 0 radical (unpaired) electrons. The van der Waals surface area contributed by atoms with Crippen LogP contribution in [0.4, 0.5) is 17.1 Å². The van der Waals surface area contributed by atoms with Crippen molar-refractivity contribution in [3.05, 3.63) is 241 Å². The number of hydrogen-bond acceptors (Lipinski definition) is 1. The molecule has 1 heterocycles. The zero-order valence-electron chi connectivity index (χ0n) is 31.9. The molecule has 0 bridgehead atoms. The largest absolute Gasteiger partial charge is 0.310 e. The number of aromatic nitrogens is 1. The molecule has 0 aliphatic carbocycles. The third kappa shape index (κ3) is 7.50. The minimum Gasteiger partial charge on any atom is -0.310 e. The molecule has 0 unspecified atom stereocenters. The Morgan fingerprint density at radius 2 is 0.895 bits per heavy atom. The van der Waals surface area contributed by atoms with Crippen LogP contribution in [0.5, 0.6) is 0 Å². The minimum absolute atomic E-state index is 1.10. The fourth-order valence-electron chi connectivity index (χ4n) is 7.77. The molecule has 0 aliphatic heterocycles. The van der Waals surface area contributed by atoms with Crippen LogP contribution in [0.15, 0.2) is 224 Å². The highest BCUT2D eigenvalue weighted by Gasteiger charge is 2.15. The number of fused-ring (bicyclic) bond motifs is 1. The van der Waals surface area contributed by atoms with Crippen molar-refractivity contribution in [1.82, 2.24) is 4.57 Å². The third-order valence-corrected chi connectivity index (χ3v) is 10.6. The first-order chi connectivity index (χ1) is 28.2. The highest BCUT2D eigenvalue weighted by molar-refractivity contribution is 5.90. The van der Waals surface area contributed by atoms with Gasteiger partial charge in [-0.25, -0.2) is 0 Å². The molecule has 2 heteroatoms.